The van der Waals surface area contributed by atoms with Gasteiger partial charge in [0.2, 0.25) is 11.5 Å². The fraction of sp³-hybridized carbons (Fsp3) is 0.545. The predicted molar refractivity (Wildman–Crippen MR) is 87.2 cm³/mol. The van der Waals surface area contributed by atoms with Gasteiger partial charge < -0.3 is 34.7 Å². The van der Waals surface area contributed by atoms with E-state index in [0.29, 0.717) is 4.57 Å². The monoisotopic (exact) mass is 462 g/mol. The number of ether oxygens (including phenoxy) is 1. The van der Waals surface area contributed by atoms with E-state index < -0.39 is 69.9 Å². The molecule has 5 atom stereocenters. The van der Waals surface area contributed by atoms with Crippen LogP contribution in [-0.2, 0) is 33.2 Å². The van der Waals surface area contributed by atoms with Gasteiger partial charge >= 0.3 is 21.3 Å². The summed E-state index contributed by atoms with van der Waals surface area (Å²) in [5, 5.41) is 29.7. The first-order chi connectivity index (χ1) is 13.2. The molecule has 1 fully saturated rings. The van der Waals surface area contributed by atoms with Crippen molar-refractivity contribution in [1.82, 2.24) is 9.55 Å². The summed E-state index contributed by atoms with van der Waals surface area (Å²) in [5.41, 5.74) is -4.89. The molecule has 2 heterocycles. The molecule has 0 spiro atoms. The van der Waals surface area contributed by atoms with Crippen LogP contribution in [0.5, 0.6) is 0 Å². The van der Waals surface area contributed by atoms with Gasteiger partial charge in [0, 0.05) is 12.3 Å². The number of carbonyl (C=O) groups excluding carboxylic acids is 1. The number of nitrogens with zero attached hydrogens (tertiary/aromatic N) is 1. The van der Waals surface area contributed by atoms with Crippen LogP contribution in [0.1, 0.15) is 0 Å². The van der Waals surface area contributed by atoms with Crippen LogP contribution in [0, 0.1) is 0 Å². The van der Waals surface area contributed by atoms with E-state index in [2.05, 4.69) is 8.83 Å². The Balaban J connectivity index is 2.38. The smallest absolute Gasteiger partial charge is 0.388 e. The number of aliphatic hydroxyl groups is 3. The van der Waals surface area contributed by atoms with Crippen LogP contribution >= 0.6 is 15.6 Å². The highest BCUT2D eigenvalue weighted by molar-refractivity contribution is 7.60. The van der Waals surface area contributed by atoms with Gasteiger partial charge in [-0.1, -0.05) is 0 Å². The number of aliphatic hydroxyl groups excluding tert-OH is 3. The number of phosphoric acid groups is 2. The molecule has 16 nitrogen and oxygen atoms in total. The summed E-state index contributed by atoms with van der Waals surface area (Å²) < 4.78 is 35.5. The van der Waals surface area contributed by atoms with Gasteiger partial charge in [0.25, 0.3) is 5.56 Å². The van der Waals surface area contributed by atoms with Crippen molar-refractivity contribution in [2.45, 2.75) is 24.0 Å². The largest absolute Gasteiger partial charge is 0.481 e. The second-order valence-corrected chi connectivity index (χ2v) is 8.52. The fourth-order valence-electron chi connectivity index (χ4n) is 2.62. The number of H-pyrrole nitrogens is 1. The number of phosphoric ester groups is 1. The summed E-state index contributed by atoms with van der Waals surface area (Å²) in [6.45, 7) is -2.44. The molecule has 18 heteroatoms. The van der Waals surface area contributed by atoms with E-state index in [1.807, 2.05) is 0 Å². The first-order valence-electron chi connectivity index (χ1n) is 7.48. The Morgan fingerprint density at radius 2 is 1.90 bits per heavy atom. The van der Waals surface area contributed by atoms with Crippen molar-refractivity contribution in [2.24, 2.45) is 0 Å². The number of aromatic amines is 1. The van der Waals surface area contributed by atoms with Gasteiger partial charge in [-0.2, -0.15) is 4.31 Å². The van der Waals surface area contributed by atoms with Crippen molar-refractivity contribution < 1.29 is 57.5 Å². The minimum absolute atomic E-state index is 0.380. The van der Waals surface area contributed by atoms with Gasteiger partial charge in [0.05, 0.1) is 6.61 Å². The highest BCUT2D eigenvalue weighted by Crippen LogP contribution is 2.57. The number of ketones is 1. The molecule has 0 amide bonds. The Labute approximate surface area is 159 Å². The van der Waals surface area contributed by atoms with E-state index in [1.165, 1.54) is 0 Å². The predicted octanol–water partition coefficient (Wildman–Crippen LogP) is -3.90. The van der Waals surface area contributed by atoms with Crippen LogP contribution < -0.4 is 11.2 Å². The quantitative estimate of drug-likeness (QED) is 0.182. The molecule has 0 aliphatic carbocycles. The molecule has 2 rings (SSSR count). The number of hydrogen-bond acceptors (Lipinski definition) is 11. The Kier molecular flexibility index (Phi) is 6.79. The summed E-state index contributed by atoms with van der Waals surface area (Å²) >= 11 is 0. The van der Waals surface area contributed by atoms with E-state index in [0.717, 1.165) is 12.3 Å². The number of aromatic nitrogens is 2. The zero-order valence-corrected chi connectivity index (χ0v) is 15.9. The zero-order valence-electron chi connectivity index (χ0n) is 14.1. The number of Topliss-reactive ketones (excluding diaryl/α,β-unsaturated/α-hetero) is 1. The van der Waals surface area contributed by atoms with Gasteiger partial charge in [0.15, 0.2) is 0 Å². The number of carbonyl (C=O) groups is 1. The third kappa shape index (κ3) is 4.96. The highest BCUT2D eigenvalue weighted by atomic mass is 31.3. The van der Waals surface area contributed by atoms with Crippen LogP contribution in [0.15, 0.2) is 21.9 Å². The molecule has 0 bridgehead atoms. The SMILES string of the molecule is O=C(CO)[C@@]1(n2ccc(=O)[nH]c2=O)O[C@H](COP(=O)(O)OP(=O)(O)O)[C@@H](O)[C@H]1O. The first-order valence-corrected chi connectivity index (χ1v) is 10.5. The first kappa shape index (κ1) is 23.7. The molecular formula is C11H16N2O14P2. The van der Waals surface area contributed by atoms with Gasteiger partial charge in [-0.15, -0.1) is 0 Å². The van der Waals surface area contributed by atoms with E-state index in [4.69, 9.17) is 14.5 Å². The molecule has 1 aliphatic rings. The molecule has 0 radical (unpaired) electrons. The van der Waals surface area contributed by atoms with E-state index in [9.17, 15) is 43.7 Å². The van der Waals surface area contributed by atoms with Crippen molar-refractivity contribution in [3.05, 3.63) is 33.1 Å². The third-order valence-corrected chi connectivity index (χ3v) is 5.92. The van der Waals surface area contributed by atoms with Crippen molar-refractivity contribution in [3.8, 4) is 0 Å². The highest BCUT2D eigenvalue weighted by Gasteiger charge is 2.60. The number of nitrogens with one attached hydrogen (secondary N) is 1. The second-order valence-electron chi connectivity index (χ2n) is 5.69. The summed E-state index contributed by atoms with van der Waals surface area (Å²) in [7, 11) is -10.8. The molecule has 1 aromatic heterocycles. The fourth-order valence-corrected chi connectivity index (χ4v) is 4.22. The van der Waals surface area contributed by atoms with Crippen molar-refractivity contribution in [1.29, 1.82) is 0 Å². The Morgan fingerprint density at radius 1 is 1.28 bits per heavy atom. The summed E-state index contributed by atoms with van der Waals surface area (Å²) in [6, 6.07) is 0.774. The summed E-state index contributed by atoms with van der Waals surface area (Å²) in [6.07, 6.45) is -5.37. The van der Waals surface area contributed by atoms with E-state index >= 15 is 0 Å². The second kappa shape index (κ2) is 8.29. The zero-order chi connectivity index (χ0) is 22.2. The normalized spacial score (nSPS) is 29.5. The topological polar surface area (TPSA) is 255 Å². The van der Waals surface area contributed by atoms with E-state index in [1.54, 1.807) is 4.98 Å². The standard InChI is InChI=1S/C11H16N2O14P2/c14-3-6(15)11(13-2-1-7(16)12-10(13)19)9(18)8(17)5(26-11)4-25-29(23,24)27-28(20,21)22/h1-2,5,8-9,14,17-18H,3-4H2,(H,23,24)(H,12,16,19)(H2,20,21,22)/t5-,8-,9-,11-/m1/s1. The lowest BCUT2D eigenvalue weighted by molar-refractivity contribution is -0.178. The Morgan fingerprint density at radius 3 is 2.41 bits per heavy atom. The Bertz CT molecular complexity index is 982. The van der Waals surface area contributed by atoms with Crippen molar-refractivity contribution in [3.63, 3.8) is 0 Å². The molecule has 29 heavy (non-hydrogen) atoms. The maximum absolute atomic E-state index is 12.3. The minimum Gasteiger partial charge on any atom is -0.388 e. The van der Waals surface area contributed by atoms with Gasteiger partial charge in [-0.05, 0) is 0 Å². The van der Waals surface area contributed by atoms with Crippen LogP contribution in [0.25, 0.3) is 0 Å². The molecule has 0 aromatic carbocycles. The molecule has 1 unspecified atom stereocenters. The maximum Gasteiger partial charge on any atom is 0.481 e. The molecule has 164 valence electrons. The average molecular weight is 462 g/mol. The third-order valence-electron chi connectivity index (χ3n) is 3.77. The summed E-state index contributed by atoms with van der Waals surface area (Å²) in [5.74, 6) is -1.33. The Hall–Kier alpha value is -1.55. The van der Waals surface area contributed by atoms with Crippen molar-refractivity contribution in [2.75, 3.05) is 13.2 Å². The lowest BCUT2D eigenvalue weighted by atomic mass is 9.98. The van der Waals surface area contributed by atoms with Crippen LogP contribution in [0.2, 0.25) is 0 Å². The average Bonchev–Trinajstić information content (AvgIpc) is 2.83. The maximum atomic E-state index is 12.3. The molecule has 1 aromatic rings. The van der Waals surface area contributed by atoms with Gasteiger partial charge in [0.1, 0.15) is 24.9 Å². The minimum atomic E-state index is -5.44. The van der Waals surface area contributed by atoms with Gasteiger partial charge in [-0.3, -0.25) is 23.7 Å². The lowest BCUT2D eigenvalue weighted by Crippen LogP contribution is -2.57. The number of rotatable bonds is 8. The molecule has 0 saturated carbocycles. The summed E-state index contributed by atoms with van der Waals surface area (Å²) in [4.78, 5) is 63.7. The molecule has 1 aliphatic heterocycles. The molecule has 7 N–H and O–H groups in total. The lowest BCUT2D eigenvalue weighted by Gasteiger charge is -2.31. The van der Waals surface area contributed by atoms with E-state index in [-0.39, 0.29) is 0 Å². The van der Waals surface area contributed by atoms with Gasteiger partial charge in [-0.25, -0.2) is 13.9 Å². The molecular weight excluding hydrogens is 446 g/mol. The van der Waals surface area contributed by atoms with Crippen LogP contribution in [0.4, 0.5) is 0 Å². The van der Waals surface area contributed by atoms with Crippen LogP contribution in [-0.4, -0.2) is 76.9 Å². The molecule has 1 saturated heterocycles. The van der Waals surface area contributed by atoms with Crippen molar-refractivity contribution >= 4 is 21.4 Å². The van der Waals surface area contributed by atoms with Crippen LogP contribution in [0.3, 0.4) is 0 Å². The number of hydrogen-bond donors (Lipinski definition) is 7.